The summed E-state index contributed by atoms with van der Waals surface area (Å²) in [5, 5.41) is 0. The van der Waals surface area contributed by atoms with Crippen molar-refractivity contribution < 1.29 is 17.2 Å². The van der Waals surface area contributed by atoms with E-state index in [1.165, 1.54) is 21.7 Å². The Hall–Kier alpha value is -0.870. The van der Waals surface area contributed by atoms with E-state index in [-0.39, 0.29) is 0 Å². The first-order chi connectivity index (χ1) is 11.4. The summed E-state index contributed by atoms with van der Waals surface area (Å²) in [5.74, 6) is -1.73. The Bertz CT molecular complexity index is 834. The van der Waals surface area contributed by atoms with Crippen LogP contribution in [0.2, 0.25) is 0 Å². The summed E-state index contributed by atoms with van der Waals surface area (Å²) < 4.78 is 53.9. The van der Waals surface area contributed by atoms with Gasteiger partial charge in [0.25, 0.3) is 10.0 Å². The number of thiophene rings is 1. The Morgan fingerprint density at radius 2 is 1.75 bits per heavy atom. The maximum atomic E-state index is 13.3. The van der Waals surface area contributed by atoms with Crippen molar-refractivity contribution in [2.24, 2.45) is 0 Å². The minimum atomic E-state index is -3.46. The lowest BCUT2D eigenvalue weighted by Crippen LogP contribution is -2.48. The first-order valence-electron chi connectivity index (χ1n) is 7.28. The molecule has 0 radical (unpaired) electrons. The van der Waals surface area contributed by atoms with E-state index in [2.05, 4.69) is 15.9 Å². The molecule has 0 amide bonds. The van der Waals surface area contributed by atoms with Crippen molar-refractivity contribution in [2.45, 2.75) is 10.8 Å². The molecule has 2 heterocycles. The summed E-state index contributed by atoms with van der Waals surface area (Å²) in [6, 6.07) is 7.15. The second kappa shape index (κ2) is 7.17. The van der Waals surface area contributed by atoms with Gasteiger partial charge in [-0.05, 0) is 45.8 Å². The van der Waals surface area contributed by atoms with Crippen molar-refractivity contribution in [1.82, 2.24) is 9.21 Å². The van der Waals surface area contributed by atoms with Crippen molar-refractivity contribution in [1.29, 1.82) is 0 Å². The van der Waals surface area contributed by atoms with Crippen LogP contribution in [0.15, 0.2) is 38.3 Å². The molecule has 1 fully saturated rings. The largest absolute Gasteiger partial charge is 0.296 e. The molecule has 0 atom stereocenters. The van der Waals surface area contributed by atoms with Crippen LogP contribution in [0, 0.1) is 11.6 Å². The fourth-order valence-corrected chi connectivity index (χ4v) is 6.17. The monoisotopic (exact) mass is 436 g/mol. The van der Waals surface area contributed by atoms with Gasteiger partial charge in [0, 0.05) is 32.7 Å². The molecule has 0 N–H and O–H groups in total. The molecule has 0 spiro atoms. The van der Waals surface area contributed by atoms with Crippen molar-refractivity contribution in [3.05, 3.63) is 51.3 Å². The molecule has 130 valence electrons. The maximum absolute atomic E-state index is 13.3. The van der Waals surface area contributed by atoms with Gasteiger partial charge in [0.1, 0.15) is 4.21 Å². The Morgan fingerprint density at radius 1 is 1.04 bits per heavy atom. The number of nitrogens with zero attached hydrogens (tertiary/aromatic N) is 2. The van der Waals surface area contributed by atoms with Crippen LogP contribution >= 0.6 is 27.3 Å². The molecule has 0 saturated carbocycles. The Labute approximate surface area is 151 Å². The minimum absolute atomic E-state index is 0.323. The third-order valence-electron chi connectivity index (χ3n) is 3.86. The Morgan fingerprint density at radius 3 is 2.33 bits per heavy atom. The van der Waals surface area contributed by atoms with E-state index in [4.69, 9.17) is 0 Å². The zero-order chi connectivity index (χ0) is 17.3. The van der Waals surface area contributed by atoms with Crippen LogP contribution in [-0.2, 0) is 16.6 Å². The summed E-state index contributed by atoms with van der Waals surface area (Å²) in [5.41, 5.74) is 0.674. The number of hydrogen-bond acceptors (Lipinski definition) is 4. The molecule has 1 aliphatic rings. The van der Waals surface area contributed by atoms with E-state index >= 15 is 0 Å². The number of benzene rings is 1. The molecule has 1 aromatic carbocycles. The lowest BCUT2D eigenvalue weighted by atomic mass is 10.2. The summed E-state index contributed by atoms with van der Waals surface area (Å²) in [6.07, 6.45) is 0. The fourth-order valence-electron chi connectivity index (χ4n) is 2.59. The standard InChI is InChI=1S/C15H15BrF2N2O2S2/c16-14-3-4-15(23-14)24(21,22)20-7-5-19(6-8-20)10-11-1-2-12(17)13(18)9-11/h1-4,9H,5-8,10H2. The number of sulfonamides is 1. The molecule has 0 unspecified atom stereocenters. The summed E-state index contributed by atoms with van der Waals surface area (Å²) in [7, 11) is -3.46. The van der Waals surface area contributed by atoms with Gasteiger partial charge in [-0.2, -0.15) is 4.31 Å². The molecule has 24 heavy (non-hydrogen) atoms. The predicted octanol–water partition coefficient (Wildman–Crippen LogP) is 3.30. The highest BCUT2D eigenvalue weighted by Gasteiger charge is 2.29. The van der Waals surface area contributed by atoms with Crippen LogP contribution in [0.4, 0.5) is 8.78 Å². The minimum Gasteiger partial charge on any atom is -0.296 e. The lowest BCUT2D eigenvalue weighted by molar-refractivity contribution is 0.181. The quantitative estimate of drug-likeness (QED) is 0.737. The normalized spacial score (nSPS) is 17.3. The van der Waals surface area contributed by atoms with Crippen LogP contribution in [0.1, 0.15) is 5.56 Å². The van der Waals surface area contributed by atoms with Crippen LogP contribution in [0.25, 0.3) is 0 Å². The molecule has 0 aliphatic carbocycles. The highest BCUT2D eigenvalue weighted by atomic mass is 79.9. The van der Waals surface area contributed by atoms with E-state index in [1.54, 1.807) is 18.2 Å². The zero-order valence-electron chi connectivity index (χ0n) is 12.6. The highest BCUT2D eigenvalue weighted by Crippen LogP contribution is 2.29. The van der Waals surface area contributed by atoms with Crippen molar-refractivity contribution in [3.8, 4) is 0 Å². The average molecular weight is 437 g/mol. The van der Waals surface area contributed by atoms with Gasteiger partial charge in [0.05, 0.1) is 3.79 Å². The summed E-state index contributed by atoms with van der Waals surface area (Å²) >= 11 is 4.47. The molecule has 4 nitrogen and oxygen atoms in total. The molecular weight excluding hydrogens is 422 g/mol. The summed E-state index contributed by atoms with van der Waals surface area (Å²) in [4.78, 5) is 2.03. The molecule has 3 rings (SSSR count). The second-order valence-electron chi connectivity index (χ2n) is 5.49. The van der Waals surface area contributed by atoms with Gasteiger partial charge in [0.15, 0.2) is 11.6 Å². The molecule has 1 aliphatic heterocycles. The van der Waals surface area contributed by atoms with Gasteiger partial charge in [-0.3, -0.25) is 4.90 Å². The number of rotatable bonds is 4. The number of halogens is 3. The van der Waals surface area contributed by atoms with Gasteiger partial charge in [-0.15, -0.1) is 11.3 Å². The second-order valence-corrected chi connectivity index (χ2v) is 10.1. The summed E-state index contributed by atoms with van der Waals surface area (Å²) in [6.45, 7) is 2.31. The zero-order valence-corrected chi connectivity index (χ0v) is 15.8. The first-order valence-corrected chi connectivity index (χ1v) is 10.3. The van der Waals surface area contributed by atoms with Gasteiger partial charge in [-0.25, -0.2) is 17.2 Å². The predicted molar refractivity (Wildman–Crippen MR) is 92.4 cm³/mol. The molecule has 9 heteroatoms. The average Bonchev–Trinajstić information content (AvgIpc) is 2.99. The third kappa shape index (κ3) is 3.85. The number of hydrogen-bond donors (Lipinski definition) is 0. The van der Waals surface area contributed by atoms with Crippen LogP contribution in [0.3, 0.4) is 0 Å². The van der Waals surface area contributed by atoms with Gasteiger partial charge in [0.2, 0.25) is 0 Å². The fraction of sp³-hybridized carbons (Fsp3) is 0.333. The van der Waals surface area contributed by atoms with Gasteiger partial charge >= 0.3 is 0 Å². The van der Waals surface area contributed by atoms with Crippen molar-refractivity contribution in [2.75, 3.05) is 26.2 Å². The van der Waals surface area contributed by atoms with Crippen LogP contribution in [-0.4, -0.2) is 43.8 Å². The smallest absolute Gasteiger partial charge is 0.252 e. The molecule has 1 saturated heterocycles. The SMILES string of the molecule is O=S(=O)(c1ccc(Br)s1)N1CCN(Cc2ccc(F)c(F)c2)CC1. The lowest BCUT2D eigenvalue weighted by Gasteiger charge is -2.33. The maximum Gasteiger partial charge on any atom is 0.252 e. The highest BCUT2D eigenvalue weighted by molar-refractivity contribution is 9.11. The van der Waals surface area contributed by atoms with E-state index in [0.29, 0.717) is 42.5 Å². The number of piperazine rings is 1. The van der Waals surface area contributed by atoms with E-state index < -0.39 is 21.7 Å². The third-order valence-corrected chi connectivity index (χ3v) is 7.85. The van der Waals surface area contributed by atoms with E-state index in [9.17, 15) is 17.2 Å². The first kappa shape index (κ1) is 17.9. The Kier molecular flexibility index (Phi) is 5.36. The molecule has 0 bridgehead atoms. The Balaban J connectivity index is 1.62. The van der Waals surface area contributed by atoms with E-state index in [0.717, 1.165) is 9.85 Å². The molecule has 2 aromatic rings. The van der Waals surface area contributed by atoms with Gasteiger partial charge < -0.3 is 0 Å². The van der Waals surface area contributed by atoms with Crippen LogP contribution < -0.4 is 0 Å². The topological polar surface area (TPSA) is 40.6 Å². The van der Waals surface area contributed by atoms with Crippen LogP contribution in [0.5, 0.6) is 0 Å². The van der Waals surface area contributed by atoms with E-state index in [1.807, 2.05) is 4.90 Å². The van der Waals surface area contributed by atoms with Crippen molar-refractivity contribution >= 4 is 37.3 Å². The van der Waals surface area contributed by atoms with Gasteiger partial charge in [-0.1, -0.05) is 6.07 Å². The molecule has 1 aromatic heterocycles. The van der Waals surface area contributed by atoms with Crippen molar-refractivity contribution in [3.63, 3.8) is 0 Å². The molecular formula is C15H15BrF2N2O2S2.